The van der Waals surface area contributed by atoms with E-state index < -0.39 is 12.0 Å². The number of aliphatic hydroxyl groups is 1. The number of rotatable bonds is 7. The molecule has 0 aliphatic carbocycles. The second-order valence-electron chi connectivity index (χ2n) is 6.73. The number of hydrogen-bond donors (Lipinski definition) is 2. The summed E-state index contributed by atoms with van der Waals surface area (Å²) in [6.45, 7) is 4.02. The Balaban J connectivity index is 1.87. The van der Waals surface area contributed by atoms with Crippen LogP contribution in [0.4, 0.5) is 0 Å². The number of amides is 1. The first-order valence-corrected chi connectivity index (χ1v) is 9.52. The lowest BCUT2D eigenvalue weighted by Crippen LogP contribution is -2.24. The molecule has 8 nitrogen and oxygen atoms in total. The number of primary amides is 1. The molecule has 29 heavy (non-hydrogen) atoms. The predicted molar refractivity (Wildman–Crippen MR) is 108 cm³/mol. The Labute approximate surface area is 173 Å². The molecule has 3 N–H and O–H groups in total. The summed E-state index contributed by atoms with van der Waals surface area (Å²) in [4.78, 5) is 11.8. The summed E-state index contributed by atoms with van der Waals surface area (Å²) in [6.07, 6.45) is 1.70. The Morgan fingerprint density at radius 2 is 2.10 bits per heavy atom. The summed E-state index contributed by atoms with van der Waals surface area (Å²) >= 11 is 6.12. The number of carbonyl (C=O) groups excluding carboxylic acids is 1. The molecule has 1 amide bonds. The maximum Gasteiger partial charge on any atom is 0.267 e. The van der Waals surface area contributed by atoms with Crippen LogP contribution in [0.5, 0.6) is 0 Å². The van der Waals surface area contributed by atoms with Crippen LogP contribution in [0, 0.1) is 11.3 Å². The number of aromatic nitrogens is 4. The van der Waals surface area contributed by atoms with E-state index in [0.29, 0.717) is 34.9 Å². The minimum absolute atomic E-state index is 0.178. The third kappa shape index (κ3) is 4.31. The van der Waals surface area contributed by atoms with E-state index in [4.69, 9.17) is 22.6 Å². The molecule has 0 aliphatic rings. The van der Waals surface area contributed by atoms with Crippen LogP contribution in [-0.2, 0) is 6.54 Å². The van der Waals surface area contributed by atoms with Crippen molar-refractivity contribution < 1.29 is 9.90 Å². The van der Waals surface area contributed by atoms with Gasteiger partial charge in [-0.05, 0) is 37.6 Å². The molecule has 0 fully saturated rings. The number of nitrogens with two attached hydrogens (primary N) is 1. The normalized spacial score (nSPS) is 13.1. The first-order chi connectivity index (χ1) is 13.8. The van der Waals surface area contributed by atoms with E-state index in [1.54, 1.807) is 34.5 Å². The maximum atomic E-state index is 11.8. The van der Waals surface area contributed by atoms with Gasteiger partial charge in [0.1, 0.15) is 11.8 Å². The number of halogens is 1. The van der Waals surface area contributed by atoms with Gasteiger partial charge >= 0.3 is 0 Å². The second-order valence-corrected chi connectivity index (χ2v) is 7.14. The fraction of sp³-hybridized carbons (Fsp3) is 0.300. The molecule has 2 atom stereocenters. The Morgan fingerprint density at radius 3 is 2.69 bits per heavy atom. The lowest BCUT2D eigenvalue weighted by Gasteiger charge is -2.18. The molecule has 0 saturated heterocycles. The van der Waals surface area contributed by atoms with Gasteiger partial charge in [-0.1, -0.05) is 24.6 Å². The maximum absolute atomic E-state index is 11.8. The largest absolute Gasteiger partial charge is 0.387 e. The van der Waals surface area contributed by atoms with Gasteiger partial charge in [0, 0.05) is 11.8 Å². The van der Waals surface area contributed by atoms with Crippen molar-refractivity contribution in [2.75, 3.05) is 0 Å². The average molecular weight is 413 g/mol. The highest BCUT2D eigenvalue weighted by Crippen LogP contribution is 2.25. The predicted octanol–water partition coefficient (Wildman–Crippen LogP) is 3.08. The smallest absolute Gasteiger partial charge is 0.267 e. The molecule has 1 unspecified atom stereocenters. The number of carbonyl (C=O) groups is 1. The van der Waals surface area contributed by atoms with Crippen molar-refractivity contribution in [1.29, 1.82) is 5.26 Å². The average Bonchev–Trinajstić information content (AvgIpc) is 3.33. The number of aliphatic hydroxyl groups excluding tert-OH is 1. The SMILES string of the molecule is CC[C@H](Cn1ccc(-c2ccc(C#N)c(Cl)c2)n1)n1nc(C(C)O)cc1C(N)=O. The van der Waals surface area contributed by atoms with Gasteiger partial charge in [0.05, 0.1) is 40.7 Å². The van der Waals surface area contributed by atoms with E-state index in [2.05, 4.69) is 10.2 Å². The highest BCUT2D eigenvalue weighted by atomic mass is 35.5. The van der Waals surface area contributed by atoms with Crippen molar-refractivity contribution in [3.8, 4) is 17.3 Å². The van der Waals surface area contributed by atoms with Crippen molar-refractivity contribution in [3.05, 3.63) is 58.5 Å². The zero-order chi connectivity index (χ0) is 21.1. The van der Waals surface area contributed by atoms with Crippen LogP contribution in [-0.4, -0.2) is 30.6 Å². The number of hydrogen-bond acceptors (Lipinski definition) is 5. The summed E-state index contributed by atoms with van der Waals surface area (Å²) in [7, 11) is 0. The Hall–Kier alpha value is -3.15. The van der Waals surface area contributed by atoms with Crippen molar-refractivity contribution >= 4 is 17.5 Å². The summed E-state index contributed by atoms with van der Waals surface area (Å²) in [5.74, 6) is -0.601. The molecular formula is C20H21ClN6O2. The van der Waals surface area contributed by atoms with Gasteiger partial charge in [-0.15, -0.1) is 0 Å². The van der Waals surface area contributed by atoms with Crippen molar-refractivity contribution in [2.45, 2.75) is 39.0 Å². The highest BCUT2D eigenvalue weighted by molar-refractivity contribution is 6.32. The zero-order valence-corrected chi connectivity index (χ0v) is 16.8. The quantitative estimate of drug-likeness (QED) is 0.617. The van der Waals surface area contributed by atoms with Gasteiger partial charge in [-0.2, -0.15) is 15.5 Å². The Kier molecular flexibility index (Phi) is 6.01. The second kappa shape index (κ2) is 8.47. The molecule has 0 aliphatic heterocycles. The summed E-state index contributed by atoms with van der Waals surface area (Å²) in [6, 6.07) is 10.4. The monoisotopic (exact) mass is 412 g/mol. The first kappa shape index (κ1) is 20.6. The fourth-order valence-electron chi connectivity index (χ4n) is 3.06. The van der Waals surface area contributed by atoms with Gasteiger partial charge in [0.25, 0.3) is 5.91 Å². The topological polar surface area (TPSA) is 123 Å². The van der Waals surface area contributed by atoms with Crippen LogP contribution in [0.3, 0.4) is 0 Å². The molecule has 0 radical (unpaired) electrons. The lowest BCUT2D eigenvalue weighted by atomic mass is 10.1. The summed E-state index contributed by atoms with van der Waals surface area (Å²) < 4.78 is 3.31. The number of nitriles is 1. The molecule has 150 valence electrons. The van der Waals surface area contributed by atoms with E-state index in [1.165, 1.54) is 6.07 Å². The van der Waals surface area contributed by atoms with Crippen LogP contribution in [0.1, 0.15) is 54.2 Å². The number of nitrogens with zero attached hydrogens (tertiary/aromatic N) is 5. The molecule has 1 aromatic carbocycles. The van der Waals surface area contributed by atoms with Gasteiger partial charge < -0.3 is 10.8 Å². The molecule has 9 heteroatoms. The van der Waals surface area contributed by atoms with Crippen molar-refractivity contribution in [3.63, 3.8) is 0 Å². The van der Waals surface area contributed by atoms with E-state index in [-0.39, 0.29) is 11.7 Å². The Bertz CT molecular complexity index is 1080. The standard InChI is InChI=1S/C20H21ClN6O2/c1-3-15(27-19(20(23)29)9-18(25-27)12(2)28)11-26-7-6-17(24-26)13-4-5-14(10-22)16(21)8-13/h4-9,12,15,28H,3,11H2,1-2H3,(H2,23,29)/t12?,15-/m1/s1. The third-order valence-electron chi connectivity index (χ3n) is 4.68. The van der Waals surface area contributed by atoms with Crippen molar-refractivity contribution in [2.24, 2.45) is 5.73 Å². The number of benzene rings is 1. The lowest BCUT2D eigenvalue weighted by molar-refractivity contribution is 0.0986. The summed E-state index contributed by atoms with van der Waals surface area (Å²) in [5, 5.41) is 28.1. The fourth-order valence-corrected chi connectivity index (χ4v) is 3.28. The van der Waals surface area contributed by atoms with Crippen LogP contribution >= 0.6 is 11.6 Å². The molecule has 3 aromatic rings. The van der Waals surface area contributed by atoms with Crippen LogP contribution in [0.2, 0.25) is 5.02 Å². The molecule has 2 aromatic heterocycles. The first-order valence-electron chi connectivity index (χ1n) is 9.14. The van der Waals surface area contributed by atoms with E-state index >= 15 is 0 Å². The van der Waals surface area contributed by atoms with Gasteiger partial charge in [0.2, 0.25) is 0 Å². The van der Waals surface area contributed by atoms with Crippen molar-refractivity contribution in [1.82, 2.24) is 19.6 Å². The van der Waals surface area contributed by atoms with Gasteiger partial charge in [0.15, 0.2) is 0 Å². The highest BCUT2D eigenvalue weighted by Gasteiger charge is 2.21. The van der Waals surface area contributed by atoms with Crippen LogP contribution in [0.15, 0.2) is 36.5 Å². The molecule has 2 heterocycles. The minimum atomic E-state index is -0.802. The van der Waals surface area contributed by atoms with Crippen LogP contribution in [0.25, 0.3) is 11.3 Å². The molecule has 0 bridgehead atoms. The van der Waals surface area contributed by atoms with Gasteiger partial charge in [-0.3, -0.25) is 14.2 Å². The zero-order valence-electron chi connectivity index (χ0n) is 16.1. The van der Waals surface area contributed by atoms with Crippen LogP contribution < -0.4 is 5.73 Å². The van der Waals surface area contributed by atoms with E-state index in [9.17, 15) is 9.90 Å². The molecule has 0 spiro atoms. The van der Waals surface area contributed by atoms with E-state index in [1.807, 2.05) is 25.3 Å². The molecule has 0 saturated carbocycles. The summed E-state index contributed by atoms with van der Waals surface area (Å²) in [5.41, 5.74) is 8.06. The Morgan fingerprint density at radius 1 is 1.34 bits per heavy atom. The van der Waals surface area contributed by atoms with E-state index in [0.717, 1.165) is 5.56 Å². The third-order valence-corrected chi connectivity index (χ3v) is 4.99. The molecule has 3 rings (SSSR count). The minimum Gasteiger partial charge on any atom is -0.387 e. The molecular weight excluding hydrogens is 392 g/mol. The van der Waals surface area contributed by atoms with Gasteiger partial charge in [-0.25, -0.2) is 0 Å².